The summed E-state index contributed by atoms with van der Waals surface area (Å²) in [7, 11) is 0. The van der Waals surface area contributed by atoms with Crippen LogP contribution in [0.4, 0.5) is 4.39 Å². The van der Waals surface area contributed by atoms with Crippen LogP contribution in [0.5, 0.6) is 0 Å². The second-order valence-electron chi connectivity index (χ2n) is 3.34. The minimum atomic E-state index is -0.519. The second kappa shape index (κ2) is 6.35. The summed E-state index contributed by atoms with van der Waals surface area (Å²) < 4.78 is 14.0. The first-order valence-electron chi connectivity index (χ1n) is 4.92. The number of halogens is 3. The highest BCUT2D eigenvalue weighted by molar-refractivity contribution is 9.10. The van der Waals surface area contributed by atoms with Crippen molar-refractivity contribution in [3.05, 3.63) is 34.1 Å². The van der Waals surface area contributed by atoms with E-state index in [0.717, 1.165) is 6.42 Å². The predicted octanol–water partition coefficient (Wildman–Crippen LogP) is 3.49. The van der Waals surface area contributed by atoms with Gasteiger partial charge in [0.05, 0.1) is 5.56 Å². The third-order valence-electron chi connectivity index (χ3n) is 2.10. The molecule has 1 aromatic rings. The Labute approximate surface area is 111 Å². The van der Waals surface area contributed by atoms with Gasteiger partial charge in [-0.2, -0.15) is 0 Å². The maximum absolute atomic E-state index is 13.4. The van der Waals surface area contributed by atoms with E-state index < -0.39 is 5.82 Å². The first kappa shape index (κ1) is 13.6. The average Bonchev–Trinajstić information content (AvgIpc) is 2.25. The van der Waals surface area contributed by atoms with Gasteiger partial charge in [-0.3, -0.25) is 4.79 Å². The van der Waals surface area contributed by atoms with Crippen molar-refractivity contribution >= 4 is 37.8 Å². The van der Waals surface area contributed by atoms with Crippen LogP contribution in [0.2, 0.25) is 0 Å². The Hall–Kier alpha value is -0.420. The van der Waals surface area contributed by atoms with Crippen molar-refractivity contribution in [3.8, 4) is 0 Å². The molecule has 16 heavy (non-hydrogen) atoms. The number of amides is 1. The summed E-state index contributed by atoms with van der Waals surface area (Å²) in [5.74, 6) is -0.905. The molecule has 1 amide bonds. The SMILES string of the molecule is CCC(Br)CNC(=O)c1ccc(Br)cc1F. The first-order chi connectivity index (χ1) is 7.54. The van der Waals surface area contributed by atoms with Crippen molar-refractivity contribution in [2.24, 2.45) is 0 Å². The number of carbonyl (C=O) groups excluding carboxylic acids is 1. The zero-order valence-corrected chi connectivity index (χ0v) is 11.9. The molecule has 0 heterocycles. The number of benzene rings is 1. The molecule has 5 heteroatoms. The molecule has 0 fully saturated rings. The lowest BCUT2D eigenvalue weighted by molar-refractivity contribution is 0.0950. The molecule has 1 N–H and O–H groups in total. The number of alkyl halides is 1. The van der Waals surface area contributed by atoms with E-state index in [4.69, 9.17) is 0 Å². The van der Waals surface area contributed by atoms with E-state index in [2.05, 4.69) is 37.2 Å². The Morgan fingerprint density at radius 1 is 1.56 bits per heavy atom. The quantitative estimate of drug-likeness (QED) is 0.825. The summed E-state index contributed by atoms with van der Waals surface area (Å²) in [6, 6.07) is 4.38. The van der Waals surface area contributed by atoms with Crippen LogP contribution in [0.15, 0.2) is 22.7 Å². The lowest BCUT2D eigenvalue weighted by atomic mass is 10.2. The van der Waals surface area contributed by atoms with E-state index in [1.807, 2.05) is 6.92 Å². The predicted molar refractivity (Wildman–Crippen MR) is 69.4 cm³/mol. The molecule has 0 aliphatic rings. The van der Waals surface area contributed by atoms with Crippen LogP contribution >= 0.6 is 31.9 Å². The van der Waals surface area contributed by atoms with Gasteiger partial charge in [0, 0.05) is 15.8 Å². The summed E-state index contributed by atoms with van der Waals surface area (Å²) in [6.07, 6.45) is 0.906. The number of rotatable bonds is 4. The van der Waals surface area contributed by atoms with E-state index >= 15 is 0 Å². The molecule has 0 aliphatic heterocycles. The van der Waals surface area contributed by atoms with E-state index in [1.54, 1.807) is 6.07 Å². The van der Waals surface area contributed by atoms with Crippen LogP contribution in [0.25, 0.3) is 0 Å². The molecule has 88 valence electrons. The van der Waals surface area contributed by atoms with Crippen molar-refractivity contribution in [1.82, 2.24) is 5.32 Å². The first-order valence-corrected chi connectivity index (χ1v) is 6.62. The highest BCUT2D eigenvalue weighted by Gasteiger charge is 2.12. The number of hydrogen-bond acceptors (Lipinski definition) is 1. The molecule has 0 spiro atoms. The van der Waals surface area contributed by atoms with Gasteiger partial charge in [-0.05, 0) is 24.6 Å². The van der Waals surface area contributed by atoms with Gasteiger partial charge in [0.2, 0.25) is 0 Å². The molecule has 0 saturated heterocycles. The van der Waals surface area contributed by atoms with E-state index in [0.29, 0.717) is 11.0 Å². The fraction of sp³-hybridized carbons (Fsp3) is 0.364. The third kappa shape index (κ3) is 3.87. The highest BCUT2D eigenvalue weighted by Crippen LogP contribution is 2.15. The molecule has 1 aromatic carbocycles. The molecule has 0 aliphatic carbocycles. The Kier molecular flexibility index (Phi) is 5.41. The molecule has 1 rings (SSSR count). The highest BCUT2D eigenvalue weighted by atomic mass is 79.9. The number of hydrogen-bond donors (Lipinski definition) is 1. The minimum Gasteiger partial charge on any atom is -0.351 e. The topological polar surface area (TPSA) is 29.1 Å². The minimum absolute atomic E-state index is 0.0685. The molecule has 2 nitrogen and oxygen atoms in total. The molecule has 0 bridgehead atoms. The fourth-order valence-electron chi connectivity index (χ4n) is 1.12. The van der Waals surface area contributed by atoms with Crippen molar-refractivity contribution in [2.45, 2.75) is 18.2 Å². The lowest BCUT2D eigenvalue weighted by Gasteiger charge is -2.09. The average molecular weight is 353 g/mol. The van der Waals surface area contributed by atoms with Gasteiger partial charge in [0.25, 0.3) is 5.91 Å². The van der Waals surface area contributed by atoms with E-state index in [9.17, 15) is 9.18 Å². The summed E-state index contributed by atoms with van der Waals surface area (Å²) >= 11 is 6.53. The summed E-state index contributed by atoms with van der Waals surface area (Å²) in [6.45, 7) is 2.50. The Bertz CT molecular complexity index is 384. The van der Waals surface area contributed by atoms with Crippen LogP contribution in [0.3, 0.4) is 0 Å². The van der Waals surface area contributed by atoms with Gasteiger partial charge < -0.3 is 5.32 Å². The van der Waals surface area contributed by atoms with Crippen molar-refractivity contribution in [2.75, 3.05) is 6.54 Å². The third-order valence-corrected chi connectivity index (χ3v) is 3.57. The second-order valence-corrected chi connectivity index (χ2v) is 5.55. The molecular formula is C11H12Br2FNO. The van der Waals surface area contributed by atoms with Crippen LogP contribution in [0.1, 0.15) is 23.7 Å². The van der Waals surface area contributed by atoms with E-state index in [-0.39, 0.29) is 16.3 Å². The Balaban J connectivity index is 2.66. The molecular weight excluding hydrogens is 341 g/mol. The van der Waals surface area contributed by atoms with Crippen LogP contribution in [0, 0.1) is 5.82 Å². The maximum Gasteiger partial charge on any atom is 0.254 e. The van der Waals surface area contributed by atoms with Gasteiger partial charge in [-0.15, -0.1) is 0 Å². The summed E-state index contributed by atoms with van der Waals surface area (Å²) in [5, 5.41) is 2.67. The number of nitrogens with one attached hydrogen (secondary N) is 1. The Morgan fingerprint density at radius 3 is 2.81 bits per heavy atom. The normalized spacial score (nSPS) is 12.2. The summed E-state index contributed by atoms with van der Waals surface area (Å²) in [4.78, 5) is 11.8. The van der Waals surface area contributed by atoms with Crippen LogP contribution < -0.4 is 5.32 Å². The lowest BCUT2D eigenvalue weighted by Crippen LogP contribution is -2.29. The van der Waals surface area contributed by atoms with Gasteiger partial charge in [0.1, 0.15) is 5.82 Å². The van der Waals surface area contributed by atoms with Crippen LogP contribution in [-0.2, 0) is 0 Å². The van der Waals surface area contributed by atoms with Gasteiger partial charge in [-0.1, -0.05) is 38.8 Å². The van der Waals surface area contributed by atoms with Gasteiger partial charge in [-0.25, -0.2) is 4.39 Å². The Morgan fingerprint density at radius 2 is 2.25 bits per heavy atom. The fourth-order valence-corrected chi connectivity index (χ4v) is 1.61. The van der Waals surface area contributed by atoms with Gasteiger partial charge in [0.15, 0.2) is 0 Å². The standard InChI is InChI=1S/C11H12Br2FNO/c1-2-7(12)6-15-11(16)9-4-3-8(13)5-10(9)14/h3-5,7H,2,6H2,1H3,(H,15,16). The van der Waals surface area contributed by atoms with Crippen molar-refractivity contribution < 1.29 is 9.18 Å². The van der Waals surface area contributed by atoms with Crippen molar-refractivity contribution in [3.63, 3.8) is 0 Å². The molecule has 0 aromatic heterocycles. The van der Waals surface area contributed by atoms with Gasteiger partial charge >= 0.3 is 0 Å². The monoisotopic (exact) mass is 351 g/mol. The van der Waals surface area contributed by atoms with E-state index in [1.165, 1.54) is 12.1 Å². The maximum atomic E-state index is 13.4. The summed E-state index contributed by atoms with van der Waals surface area (Å²) in [5.41, 5.74) is 0.0685. The molecule has 1 unspecified atom stereocenters. The largest absolute Gasteiger partial charge is 0.351 e. The molecule has 0 radical (unpaired) electrons. The number of carbonyl (C=O) groups is 1. The van der Waals surface area contributed by atoms with Crippen molar-refractivity contribution in [1.29, 1.82) is 0 Å². The zero-order chi connectivity index (χ0) is 12.1. The zero-order valence-electron chi connectivity index (χ0n) is 8.77. The molecule has 1 atom stereocenters. The smallest absolute Gasteiger partial charge is 0.254 e. The molecule has 0 saturated carbocycles. The van der Waals surface area contributed by atoms with Crippen LogP contribution in [-0.4, -0.2) is 17.3 Å².